The minimum Gasteiger partial charge on any atom is -0.308 e. The summed E-state index contributed by atoms with van der Waals surface area (Å²) in [6.07, 6.45) is 3.25. The van der Waals surface area contributed by atoms with Crippen LogP contribution in [0.25, 0.3) is 11.0 Å². The lowest BCUT2D eigenvalue weighted by Crippen LogP contribution is -2.30. The number of nitrogens with one attached hydrogen (secondary N) is 1. The third-order valence-corrected chi connectivity index (χ3v) is 2.90. The van der Waals surface area contributed by atoms with Gasteiger partial charge in [-0.1, -0.05) is 6.07 Å². The summed E-state index contributed by atoms with van der Waals surface area (Å²) in [5.41, 5.74) is 2.70. The van der Waals surface area contributed by atoms with Crippen LogP contribution in [0.3, 0.4) is 0 Å². The first-order chi connectivity index (χ1) is 9.31. The number of benzene rings is 1. The molecule has 3 rings (SSSR count). The van der Waals surface area contributed by atoms with Crippen molar-refractivity contribution in [2.75, 3.05) is 0 Å². The maximum Gasteiger partial charge on any atom is 0.137 e. The van der Waals surface area contributed by atoms with Crippen LogP contribution in [0.4, 0.5) is 0 Å². The topological polar surface area (TPSA) is 81.7 Å². The Balaban J connectivity index is 1.59. The highest BCUT2D eigenvalue weighted by Gasteiger charge is 2.05. The number of aromatic nitrogens is 5. The van der Waals surface area contributed by atoms with Crippen LogP contribution in [0.5, 0.6) is 0 Å². The monoisotopic (exact) mass is 258 g/mol. The molecule has 0 spiro atoms. The standard InChI is InChI=1S/C12H14N6O/c1-9(6-18-8-13-7-15-18)14-5-10-2-3-11-12(4-10)17-19-16-11/h2-4,7-9,14H,5-6H2,1H3/t9-/m0/s1. The molecule has 0 unspecified atom stereocenters. The number of nitrogens with zero attached hydrogens (tertiary/aromatic N) is 5. The van der Waals surface area contributed by atoms with Gasteiger partial charge in [-0.25, -0.2) is 9.61 Å². The second kappa shape index (κ2) is 5.15. The molecule has 7 heteroatoms. The normalized spacial score (nSPS) is 12.9. The Hall–Kier alpha value is -2.28. The second-order valence-electron chi connectivity index (χ2n) is 4.49. The molecule has 1 N–H and O–H groups in total. The minimum absolute atomic E-state index is 0.299. The number of fused-ring (bicyclic) bond motifs is 1. The molecule has 0 saturated heterocycles. The van der Waals surface area contributed by atoms with Crippen LogP contribution in [-0.4, -0.2) is 31.1 Å². The van der Waals surface area contributed by atoms with E-state index >= 15 is 0 Å². The van der Waals surface area contributed by atoms with E-state index in [1.165, 1.54) is 6.33 Å². The first-order valence-corrected chi connectivity index (χ1v) is 6.08. The van der Waals surface area contributed by atoms with Gasteiger partial charge < -0.3 is 5.32 Å². The first-order valence-electron chi connectivity index (χ1n) is 6.08. The minimum atomic E-state index is 0.299. The van der Waals surface area contributed by atoms with Gasteiger partial charge in [-0.05, 0) is 34.9 Å². The number of rotatable bonds is 5. The molecule has 1 atom stereocenters. The molecule has 0 aliphatic rings. The molecule has 0 saturated carbocycles. The molecular formula is C12H14N6O. The molecule has 19 heavy (non-hydrogen) atoms. The van der Waals surface area contributed by atoms with E-state index in [1.54, 1.807) is 6.33 Å². The molecule has 2 heterocycles. The molecule has 0 bridgehead atoms. The molecular weight excluding hydrogens is 244 g/mol. The van der Waals surface area contributed by atoms with Crippen molar-refractivity contribution in [2.24, 2.45) is 0 Å². The van der Waals surface area contributed by atoms with E-state index in [0.29, 0.717) is 6.04 Å². The molecule has 1 aromatic carbocycles. The quantitative estimate of drug-likeness (QED) is 0.735. The summed E-state index contributed by atoms with van der Waals surface area (Å²) in [4.78, 5) is 3.92. The highest BCUT2D eigenvalue weighted by molar-refractivity contribution is 5.73. The highest BCUT2D eigenvalue weighted by Crippen LogP contribution is 2.11. The van der Waals surface area contributed by atoms with Gasteiger partial charge in [-0.2, -0.15) is 5.10 Å². The van der Waals surface area contributed by atoms with Crippen LogP contribution < -0.4 is 5.32 Å². The van der Waals surface area contributed by atoms with E-state index in [-0.39, 0.29) is 0 Å². The van der Waals surface area contributed by atoms with Crippen molar-refractivity contribution in [3.63, 3.8) is 0 Å². The van der Waals surface area contributed by atoms with Crippen molar-refractivity contribution < 1.29 is 4.63 Å². The van der Waals surface area contributed by atoms with Gasteiger partial charge in [-0.3, -0.25) is 4.68 Å². The third-order valence-electron chi connectivity index (χ3n) is 2.90. The fourth-order valence-electron chi connectivity index (χ4n) is 1.90. The van der Waals surface area contributed by atoms with Crippen LogP contribution in [0, 0.1) is 0 Å². The van der Waals surface area contributed by atoms with Crippen molar-refractivity contribution in [3.8, 4) is 0 Å². The second-order valence-corrected chi connectivity index (χ2v) is 4.49. The van der Waals surface area contributed by atoms with Gasteiger partial charge in [0.25, 0.3) is 0 Å². The van der Waals surface area contributed by atoms with Crippen molar-refractivity contribution in [1.29, 1.82) is 0 Å². The van der Waals surface area contributed by atoms with Crippen molar-refractivity contribution in [3.05, 3.63) is 36.4 Å². The maximum absolute atomic E-state index is 4.68. The Morgan fingerprint density at radius 2 is 2.21 bits per heavy atom. The predicted molar refractivity (Wildman–Crippen MR) is 68.1 cm³/mol. The molecule has 98 valence electrons. The van der Waals surface area contributed by atoms with Crippen molar-refractivity contribution in [1.82, 2.24) is 30.4 Å². The van der Waals surface area contributed by atoms with E-state index in [0.717, 1.165) is 29.7 Å². The molecule has 2 aromatic heterocycles. The largest absolute Gasteiger partial charge is 0.308 e. The third kappa shape index (κ3) is 2.76. The van der Waals surface area contributed by atoms with E-state index < -0.39 is 0 Å². The summed E-state index contributed by atoms with van der Waals surface area (Å²) >= 11 is 0. The SMILES string of the molecule is C[C@@H](Cn1cncn1)NCc1ccc2nonc2c1. The highest BCUT2D eigenvalue weighted by atomic mass is 16.6. The lowest BCUT2D eigenvalue weighted by molar-refractivity contribution is 0.315. The Kier molecular flexibility index (Phi) is 3.20. The summed E-state index contributed by atoms with van der Waals surface area (Å²) in [5.74, 6) is 0. The molecule has 7 nitrogen and oxygen atoms in total. The van der Waals surface area contributed by atoms with Crippen LogP contribution in [0.2, 0.25) is 0 Å². The van der Waals surface area contributed by atoms with E-state index in [1.807, 2.05) is 22.9 Å². The van der Waals surface area contributed by atoms with Crippen LogP contribution in [0.15, 0.2) is 35.5 Å². The number of hydrogen-bond acceptors (Lipinski definition) is 6. The Morgan fingerprint density at radius 1 is 1.32 bits per heavy atom. The van der Waals surface area contributed by atoms with Crippen molar-refractivity contribution in [2.45, 2.75) is 26.1 Å². The average Bonchev–Trinajstić information content (AvgIpc) is 3.06. The van der Waals surface area contributed by atoms with Gasteiger partial charge in [0, 0.05) is 12.6 Å². The molecule has 0 amide bonds. The van der Waals surface area contributed by atoms with Gasteiger partial charge in [0.1, 0.15) is 23.7 Å². The van der Waals surface area contributed by atoms with Crippen LogP contribution in [-0.2, 0) is 13.1 Å². The Bertz CT molecular complexity index is 647. The summed E-state index contributed by atoms with van der Waals surface area (Å²) in [6, 6.07) is 6.20. The zero-order valence-corrected chi connectivity index (χ0v) is 10.5. The average molecular weight is 258 g/mol. The molecule has 0 radical (unpaired) electrons. The van der Waals surface area contributed by atoms with Crippen LogP contribution >= 0.6 is 0 Å². The predicted octanol–water partition coefficient (Wildman–Crippen LogP) is 0.993. The summed E-state index contributed by atoms with van der Waals surface area (Å²) in [7, 11) is 0. The fraction of sp³-hybridized carbons (Fsp3) is 0.333. The van der Waals surface area contributed by atoms with E-state index in [9.17, 15) is 0 Å². The summed E-state index contributed by atoms with van der Waals surface area (Å²) < 4.78 is 6.48. The van der Waals surface area contributed by atoms with Crippen LogP contribution in [0.1, 0.15) is 12.5 Å². The van der Waals surface area contributed by atoms with Gasteiger partial charge in [0.15, 0.2) is 0 Å². The molecule has 0 fully saturated rings. The first kappa shape index (κ1) is 11.8. The summed E-state index contributed by atoms with van der Waals surface area (Å²) in [6.45, 7) is 3.66. The molecule has 0 aliphatic heterocycles. The Morgan fingerprint density at radius 3 is 3.05 bits per heavy atom. The van der Waals surface area contributed by atoms with Crippen molar-refractivity contribution >= 4 is 11.0 Å². The molecule has 3 aromatic rings. The zero-order chi connectivity index (χ0) is 13.1. The van der Waals surface area contributed by atoms with E-state index in [2.05, 4.69) is 37.3 Å². The van der Waals surface area contributed by atoms with E-state index in [4.69, 9.17) is 0 Å². The maximum atomic E-state index is 4.68. The lowest BCUT2D eigenvalue weighted by atomic mass is 10.2. The lowest BCUT2D eigenvalue weighted by Gasteiger charge is -2.13. The van der Waals surface area contributed by atoms with Gasteiger partial charge >= 0.3 is 0 Å². The molecule has 0 aliphatic carbocycles. The fourth-order valence-corrected chi connectivity index (χ4v) is 1.90. The van der Waals surface area contributed by atoms with Gasteiger partial charge in [-0.15, -0.1) is 0 Å². The van der Waals surface area contributed by atoms with Gasteiger partial charge in [0.05, 0.1) is 6.54 Å². The summed E-state index contributed by atoms with van der Waals surface area (Å²) in [5, 5.41) is 15.1. The smallest absolute Gasteiger partial charge is 0.137 e. The number of hydrogen-bond donors (Lipinski definition) is 1. The Labute approximate surface area is 109 Å². The zero-order valence-electron chi connectivity index (χ0n) is 10.5. The van der Waals surface area contributed by atoms with Gasteiger partial charge in [0.2, 0.25) is 0 Å².